The van der Waals surface area contributed by atoms with Gasteiger partial charge in [-0.2, -0.15) is 0 Å². The molecule has 0 saturated carbocycles. The number of carbonyl (C=O) groups is 1. The molecule has 1 aliphatic rings. The molecule has 8 heteroatoms. The van der Waals surface area contributed by atoms with Crippen LogP contribution in [0.3, 0.4) is 0 Å². The van der Waals surface area contributed by atoms with Crippen LogP contribution in [0.5, 0.6) is 0 Å². The molecule has 0 bridgehead atoms. The number of morpholine rings is 1. The molecule has 1 aliphatic heterocycles. The third kappa shape index (κ3) is 5.33. The predicted octanol–water partition coefficient (Wildman–Crippen LogP) is 2.82. The zero-order valence-corrected chi connectivity index (χ0v) is 17.7. The second-order valence-electron chi connectivity index (χ2n) is 7.22. The van der Waals surface area contributed by atoms with Crippen molar-refractivity contribution in [3.05, 3.63) is 40.9 Å². The summed E-state index contributed by atoms with van der Waals surface area (Å²) in [6.07, 6.45) is 2.17. The zero-order valence-electron chi connectivity index (χ0n) is 16.9. The summed E-state index contributed by atoms with van der Waals surface area (Å²) in [6.45, 7) is 11.2. The van der Waals surface area contributed by atoms with E-state index in [4.69, 9.17) is 9.26 Å². The molecule has 3 heterocycles. The van der Waals surface area contributed by atoms with E-state index in [1.165, 1.54) is 11.8 Å². The molecule has 2 aromatic heterocycles. The Morgan fingerprint density at radius 2 is 2.07 bits per heavy atom. The van der Waals surface area contributed by atoms with E-state index in [9.17, 15) is 4.79 Å². The first kappa shape index (κ1) is 20.8. The van der Waals surface area contributed by atoms with Crippen LogP contribution in [0, 0.1) is 13.8 Å². The van der Waals surface area contributed by atoms with Crippen LogP contribution in [-0.2, 0) is 10.5 Å². The minimum atomic E-state index is -0.0938. The molecule has 7 nitrogen and oxygen atoms in total. The van der Waals surface area contributed by atoms with Gasteiger partial charge in [-0.1, -0.05) is 5.16 Å². The van der Waals surface area contributed by atoms with Crippen molar-refractivity contribution in [3.8, 4) is 0 Å². The van der Waals surface area contributed by atoms with E-state index in [-0.39, 0.29) is 18.1 Å². The first-order chi connectivity index (χ1) is 13.4. The monoisotopic (exact) mass is 404 g/mol. The molecule has 0 aliphatic carbocycles. The highest BCUT2D eigenvalue weighted by Crippen LogP contribution is 2.27. The highest BCUT2D eigenvalue weighted by atomic mass is 32.2. The second kappa shape index (κ2) is 9.54. The van der Waals surface area contributed by atoms with Gasteiger partial charge in [0, 0.05) is 43.7 Å². The normalized spacial score (nSPS) is 20.3. The lowest BCUT2D eigenvalue weighted by Crippen LogP contribution is -2.47. The largest absolute Gasteiger partial charge is 0.373 e. The maximum atomic E-state index is 12.7. The zero-order chi connectivity index (χ0) is 20.1. The van der Waals surface area contributed by atoms with E-state index in [2.05, 4.69) is 34.2 Å². The van der Waals surface area contributed by atoms with Crippen molar-refractivity contribution in [2.75, 3.05) is 26.2 Å². The van der Waals surface area contributed by atoms with Gasteiger partial charge in [0.1, 0.15) is 10.8 Å². The Morgan fingerprint density at radius 1 is 1.32 bits per heavy atom. The molecule has 0 radical (unpaired) electrons. The van der Waals surface area contributed by atoms with Crippen LogP contribution in [0.25, 0.3) is 0 Å². The number of carbonyl (C=O) groups excluding carboxylic acids is 1. The lowest BCUT2D eigenvalue weighted by molar-refractivity contribution is -0.0672. The Labute approximate surface area is 170 Å². The molecule has 1 N–H and O–H groups in total. The first-order valence-electron chi connectivity index (χ1n) is 9.59. The molecule has 0 spiro atoms. The van der Waals surface area contributed by atoms with Crippen molar-refractivity contribution in [3.63, 3.8) is 0 Å². The van der Waals surface area contributed by atoms with Gasteiger partial charge in [0.2, 0.25) is 0 Å². The van der Waals surface area contributed by atoms with Gasteiger partial charge in [0.05, 0.1) is 23.5 Å². The van der Waals surface area contributed by atoms with Crippen LogP contribution in [0.15, 0.2) is 27.9 Å². The van der Waals surface area contributed by atoms with Gasteiger partial charge in [-0.25, -0.2) is 4.98 Å². The van der Waals surface area contributed by atoms with Crippen molar-refractivity contribution >= 4 is 17.7 Å². The van der Waals surface area contributed by atoms with Crippen LogP contribution in [0.2, 0.25) is 0 Å². The third-order valence-corrected chi connectivity index (χ3v) is 5.79. The number of nitrogens with one attached hydrogen (secondary N) is 1. The number of ether oxygens (including phenoxy) is 1. The van der Waals surface area contributed by atoms with E-state index in [1.807, 2.05) is 19.9 Å². The van der Waals surface area contributed by atoms with Gasteiger partial charge < -0.3 is 14.6 Å². The van der Waals surface area contributed by atoms with Gasteiger partial charge in [0.25, 0.3) is 5.91 Å². The van der Waals surface area contributed by atoms with E-state index in [1.54, 1.807) is 12.3 Å². The first-order valence-corrected chi connectivity index (χ1v) is 10.6. The van der Waals surface area contributed by atoms with Crippen molar-refractivity contribution in [1.82, 2.24) is 20.4 Å². The Kier molecular flexibility index (Phi) is 7.09. The van der Waals surface area contributed by atoms with Crippen LogP contribution < -0.4 is 5.32 Å². The Bertz CT molecular complexity index is 781. The molecule has 2 aromatic rings. The number of amides is 1. The molecular weight excluding hydrogens is 376 g/mol. The van der Waals surface area contributed by atoms with E-state index >= 15 is 0 Å². The smallest absolute Gasteiger partial charge is 0.254 e. The maximum Gasteiger partial charge on any atom is 0.254 e. The number of aryl methyl sites for hydroxylation is 2. The highest BCUT2D eigenvalue weighted by molar-refractivity contribution is 7.98. The van der Waals surface area contributed by atoms with Gasteiger partial charge in [-0.05, 0) is 39.8 Å². The number of hydrogen-bond acceptors (Lipinski definition) is 7. The number of hydrogen-bond donors (Lipinski definition) is 1. The van der Waals surface area contributed by atoms with E-state index < -0.39 is 0 Å². The summed E-state index contributed by atoms with van der Waals surface area (Å²) in [5.74, 6) is 1.38. The summed E-state index contributed by atoms with van der Waals surface area (Å²) < 4.78 is 11.0. The number of aromatic nitrogens is 2. The maximum absolute atomic E-state index is 12.7. The standard InChI is InChI=1S/C20H28N4O3S/c1-13-10-24(11-14(2)26-13)9-8-21-19(25)17-6-5-7-22-20(17)28-12-18-15(3)23-27-16(18)4/h5-7,13-14H,8-12H2,1-4H3,(H,21,25). The van der Waals surface area contributed by atoms with Crippen molar-refractivity contribution in [2.45, 2.75) is 50.7 Å². The minimum absolute atomic E-state index is 0.0938. The topological polar surface area (TPSA) is 80.5 Å². The van der Waals surface area contributed by atoms with Crippen molar-refractivity contribution in [2.24, 2.45) is 0 Å². The molecule has 2 atom stereocenters. The number of rotatable bonds is 7. The summed E-state index contributed by atoms with van der Waals surface area (Å²) in [5, 5.41) is 7.72. The van der Waals surface area contributed by atoms with E-state index in [0.717, 1.165) is 36.7 Å². The fourth-order valence-electron chi connectivity index (χ4n) is 3.42. The summed E-state index contributed by atoms with van der Waals surface area (Å²) in [4.78, 5) is 19.4. The predicted molar refractivity (Wildman–Crippen MR) is 109 cm³/mol. The van der Waals surface area contributed by atoms with Gasteiger partial charge in [0.15, 0.2) is 0 Å². The Balaban J connectivity index is 1.55. The molecule has 1 fully saturated rings. The number of nitrogens with zero attached hydrogens (tertiary/aromatic N) is 3. The van der Waals surface area contributed by atoms with Gasteiger partial charge in [-0.3, -0.25) is 9.69 Å². The molecular formula is C20H28N4O3S. The SMILES string of the molecule is Cc1noc(C)c1CSc1ncccc1C(=O)NCCN1CC(C)OC(C)C1. The Morgan fingerprint density at radius 3 is 2.75 bits per heavy atom. The molecule has 152 valence electrons. The van der Waals surface area contributed by atoms with Crippen LogP contribution in [0.4, 0.5) is 0 Å². The number of thioether (sulfide) groups is 1. The van der Waals surface area contributed by atoms with Crippen LogP contribution >= 0.6 is 11.8 Å². The van der Waals surface area contributed by atoms with Crippen molar-refractivity contribution in [1.29, 1.82) is 0 Å². The lowest BCUT2D eigenvalue weighted by Gasteiger charge is -2.35. The minimum Gasteiger partial charge on any atom is -0.373 e. The fourth-order valence-corrected chi connectivity index (χ4v) is 4.56. The average molecular weight is 405 g/mol. The highest BCUT2D eigenvalue weighted by Gasteiger charge is 2.22. The summed E-state index contributed by atoms with van der Waals surface area (Å²) in [6, 6.07) is 3.61. The molecule has 2 unspecified atom stereocenters. The van der Waals surface area contributed by atoms with Crippen LogP contribution in [-0.4, -0.2) is 59.3 Å². The summed E-state index contributed by atoms with van der Waals surface area (Å²) in [5.41, 5.74) is 2.53. The summed E-state index contributed by atoms with van der Waals surface area (Å²) >= 11 is 1.52. The quantitative estimate of drug-likeness (QED) is 0.711. The molecule has 1 saturated heterocycles. The average Bonchev–Trinajstić information content (AvgIpc) is 2.97. The van der Waals surface area contributed by atoms with Gasteiger partial charge >= 0.3 is 0 Å². The third-order valence-electron chi connectivity index (χ3n) is 4.76. The number of pyridine rings is 1. The van der Waals surface area contributed by atoms with Crippen molar-refractivity contribution < 1.29 is 14.1 Å². The summed E-state index contributed by atoms with van der Waals surface area (Å²) in [7, 11) is 0. The molecule has 3 rings (SSSR count). The molecule has 28 heavy (non-hydrogen) atoms. The molecule has 0 aromatic carbocycles. The molecule has 1 amide bonds. The lowest BCUT2D eigenvalue weighted by atomic mass is 10.2. The Hall–Kier alpha value is -1.90. The van der Waals surface area contributed by atoms with Crippen LogP contribution in [0.1, 0.15) is 41.2 Å². The van der Waals surface area contributed by atoms with E-state index in [0.29, 0.717) is 22.9 Å². The fraction of sp³-hybridized carbons (Fsp3) is 0.550. The van der Waals surface area contributed by atoms with Gasteiger partial charge in [-0.15, -0.1) is 11.8 Å². The second-order valence-corrected chi connectivity index (χ2v) is 8.18.